The van der Waals surface area contributed by atoms with E-state index in [1.54, 1.807) is 12.1 Å². The molecule has 0 aliphatic heterocycles. The minimum atomic E-state index is 0. The summed E-state index contributed by atoms with van der Waals surface area (Å²) in [6.07, 6.45) is 9.21. The summed E-state index contributed by atoms with van der Waals surface area (Å²) in [5.41, 5.74) is 1.62. The van der Waals surface area contributed by atoms with E-state index in [9.17, 15) is 0 Å². The van der Waals surface area contributed by atoms with Crippen LogP contribution in [0.15, 0.2) is 55.1 Å². The van der Waals surface area contributed by atoms with Crippen molar-refractivity contribution in [1.29, 1.82) is 5.26 Å². The molecule has 0 saturated carbocycles. The molecule has 0 aliphatic rings. The molecule has 15 heavy (non-hydrogen) atoms. The van der Waals surface area contributed by atoms with Crippen LogP contribution in [-0.4, -0.2) is 0 Å². The molecule has 0 spiro atoms. The van der Waals surface area contributed by atoms with Crippen LogP contribution in [0.1, 0.15) is 18.6 Å². The highest BCUT2D eigenvalue weighted by Crippen LogP contribution is 2.08. The van der Waals surface area contributed by atoms with Crippen molar-refractivity contribution in [1.82, 2.24) is 0 Å². The minimum Gasteiger partial charge on any atom is -0.192 e. The van der Waals surface area contributed by atoms with Gasteiger partial charge in [0.15, 0.2) is 0 Å². The monoisotopic (exact) mass is 197 g/mol. The second kappa shape index (κ2) is 7.34. The smallest absolute Gasteiger partial charge is 0.0997 e. The summed E-state index contributed by atoms with van der Waals surface area (Å²) >= 11 is 0. The highest BCUT2D eigenvalue weighted by Gasteiger charge is 1.93. The van der Waals surface area contributed by atoms with Crippen LogP contribution in [0.5, 0.6) is 0 Å². The van der Waals surface area contributed by atoms with Gasteiger partial charge in [0, 0.05) is 0 Å². The SMILES string of the molecule is C.C=C/C=C\C=C\c1ccccc1C#N. The van der Waals surface area contributed by atoms with Crippen LogP contribution in [0.4, 0.5) is 0 Å². The fourth-order valence-corrected chi connectivity index (χ4v) is 1.05. The Morgan fingerprint density at radius 2 is 1.87 bits per heavy atom. The van der Waals surface area contributed by atoms with E-state index in [0.29, 0.717) is 5.56 Å². The van der Waals surface area contributed by atoms with Crippen molar-refractivity contribution in [3.63, 3.8) is 0 Å². The molecule has 0 unspecified atom stereocenters. The molecule has 76 valence electrons. The van der Waals surface area contributed by atoms with Gasteiger partial charge < -0.3 is 0 Å². The molecule has 1 heteroatoms. The second-order valence-corrected chi connectivity index (χ2v) is 2.68. The van der Waals surface area contributed by atoms with E-state index in [1.807, 2.05) is 42.5 Å². The van der Waals surface area contributed by atoms with Crippen LogP contribution in [0.25, 0.3) is 6.08 Å². The van der Waals surface area contributed by atoms with E-state index in [1.165, 1.54) is 0 Å². The number of hydrogen-bond donors (Lipinski definition) is 0. The number of nitrogens with zero attached hydrogens (tertiary/aromatic N) is 1. The Hall–Kier alpha value is -2.07. The van der Waals surface area contributed by atoms with Crippen LogP contribution in [0, 0.1) is 11.3 Å². The van der Waals surface area contributed by atoms with E-state index in [0.717, 1.165) is 5.56 Å². The first-order valence-electron chi connectivity index (χ1n) is 4.33. The lowest BCUT2D eigenvalue weighted by atomic mass is 10.1. The summed E-state index contributed by atoms with van der Waals surface area (Å²) in [5, 5.41) is 8.80. The van der Waals surface area contributed by atoms with Gasteiger partial charge in [0.2, 0.25) is 0 Å². The van der Waals surface area contributed by atoms with Gasteiger partial charge in [-0.25, -0.2) is 0 Å². The van der Waals surface area contributed by atoms with E-state index in [-0.39, 0.29) is 7.43 Å². The topological polar surface area (TPSA) is 23.8 Å². The third kappa shape index (κ3) is 4.10. The van der Waals surface area contributed by atoms with Crippen molar-refractivity contribution in [3.05, 3.63) is 66.3 Å². The van der Waals surface area contributed by atoms with Crippen LogP contribution in [0.2, 0.25) is 0 Å². The predicted octanol–water partition coefficient (Wildman–Crippen LogP) is 3.95. The number of hydrogen-bond acceptors (Lipinski definition) is 1. The molecular formula is C14H15N. The quantitative estimate of drug-likeness (QED) is 0.673. The first-order valence-corrected chi connectivity index (χ1v) is 4.33. The maximum atomic E-state index is 8.80. The Labute approximate surface area is 91.7 Å². The largest absolute Gasteiger partial charge is 0.192 e. The van der Waals surface area contributed by atoms with Gasteiger partial charge in [-0.1, -0.05) is 62.6 Å². The molecule has 0 radical (unpaired) electrons. The molecule has 0 bridgehead atoms. The molecule has 1 rings (SSSR count). The number of allylic oxidation sites excluding steroid dienone is 4. The summed E-state index contributed by atoms with van der Waals surface area (Å²) < 4.78 is 0. The van der Waals surface area contributed by atoms with Crippen molar-refractivity contribution >= 4 is 6.08 Å². The molecule has 0 heterocycles. The van der Waals surface area contributed by atoms with E-state index in [2.05, 4.69) is 12.6 Å². The third-order valence-electron chi connectivity index (χ3n) is 1.72. The van der Waals surface area contributed by atoms with Crippen molar-refractivity contribution in [3.8, 4) is 6.07 Å². The van der Waals surface area contributed by atoms with Gasteiger partial charge in [-0.2, -0.15) is 5.26 Å². The summed E-state index contributed by atoms with van der Waals surface area (Å²) in [6.45, 7) is 3.57. The molecule has 0 aromatic heterocycles. The average Bonchev–Trinajstić information content (AvgIpc) is 2.25. The van der Waals surface area contributed by atoms with Gasteiger partial charge >= 0.3 is 0 Å². The molecule has 1 aromatic carbocycles. The minimum absolute atomic E-state index is 0. The maximum absolute atomic E-state index is 8.80. The summed E-state index contributed by atoms with van der Waals surface area (Å²) in [5.74, 6) is 0. The molecular weight excluding hydrogens is 182 g/mol. The zero-order valence-electron chi connectivity index (χ0n) is 7.85. The molecule has 0 atom stereocenters. The van der Waals surface area contributed by atoms with Gasteiger partial charge in [-0.15, -0.1) is 0 Å². The molecule has 0 saturated heterocycles. The summed E-state index contributed by atoms with van der Waals surface area (Å²) in [7, 11) is 0. The predicted molar refractivity (Wildman–Crippen MR) is 66.3 cm³/mol. The van der Waals surface area contributed by atoms with Crippen molar-refractivity contribution in [2.45, 2.75) is 7.43 Å². The van der Waals surface area contributed by atoms with E-state index in [4.69, 9.17) is 5.26 Å². The number of benzene rings is 1. The fraction of sp³-hybridized carbons (Fsp3) is 0.0714. The molecule has 1 nitrogen and oxygen atoms in total. The molecule has 1 aromatic rings. The highest BCUT2D eigenvalue weighted by atomic mass is 14.2. The van der Waals surface area contributed by atoms with Crippen molar-refractivity contribution in [2.24, 2.45) is 0 Å². The van der Waals surface area contributed by atoms with Crippen LogP contribution in [-0.2, 0) is 0 Å². The highest BCUT2D eigenvalue weighted by molar-refractivity contribution is 5.58. The zero-order valence-corrected chi connectivity index (χ0v) is 7.85. The van der Waals surface area contributed by atoms with E-state index >= 15 is 0 Å². The van der Waals surface area contributed by atoms with Gasteiger partial charge in [-0.05, 0) is 11.6 Å². The van der Waals surface area contributed by atoms with Crippen LogP contribution in [0.3, 0.4) is 0 Å². The summed E-state index contributed by atoms with van der Waals surface area (Å²) in [6, 6.07) is 9.63. The van der Waals surface area contributed by atoms with Crippen LogP contribution >= 0.6 is 0 Å². The van der Waals surface area contributed by atoms with Gasteiger partial charge in [0.05, 0.1) is 11.6 Å². The Morgan fingerprint density at radius 1 is 1.13 bits per heavy atom. The van der Waals surface area contributed by atoms with Gasteiger partial charge in [-0.3, -0.25) is 0 Å². The Kier molecular flexibility index (Phi) is 6.33. The first kappa shape index (κ1) is 12.9. The summed E-state index contributed by atoms with van der Waals surface area (Å²) in [4.78, 5) is 0. The van der Waals surface area contributed by atoms with Crippen molar-refractivity contribution in [2.75, 3.05) is 0 Å². The van der Waals surface area contributed by atoms with Crippen LogP contribution < -0.4 is 0 Å². The fourth-order valence-electron chi connectivity index (χ4n) is 1.05. The lowest BCUT2D eigenvalue weighted by Crippen LogP contribution is -1.78. The normalized spacial score (nSPS) is 9.80. The van der Waals surface area contributed by atoms with Gasteiger partial charge in [0.25, 0.3) is 0 Å². The number of nitriles is 1. The molecule has 0 fully saturated rings. The van der Waals surface area contributed by atoms with Crippen molar-refractivity contribution < 1.29 is 0 Å². The standard InChI is InChI=1S/C13H11N.CH4/c1-2-3-4-5-8-12-9-6-7-10-13(12)11-14;/h2-10H,1H2;1H4/b4-3-,8-5+;. The zero-order chi connectivity index (χ0) is 10.2. The average molecular weight is 197 g/mol. The van der Waals surface area contributed by atoms with Gasteiger partial charge in [0.1, 0.15) is 0 Å². The molecule has 0 N–H and O–H groups in total. The van der Waals surface area contributed by atoms with E-state index < -0.39 is 0 Å². The Bertz CT molecular complexity index is 406. The third-order valence-corrected chi connectivity index (χ3v) is 1.72. The molecule has 0 aliphatic carbocycles. The lowest BCUT2D eigenvalue weighted by Gasteiger charge is -1.94. The maximum Gasteiger partial charge on any atom is 0.0997 e. The Balaban J connectivity index is 0.00000196. The Morgan fingerprint density at radius 3 is 2.53 bits per heavy atom. The molecule has 0 amide bonds. The number of rotatable bonds is 3. The second-order valence-electron chi connectivity index (χ2n) is 2.68. The lowest BCUT2D eigenvalue weighted by molar-refractivity contribution is 1.47. The first-order chi connectivity index (χ1) is 6.88.